The highest BCUT2D eigenvalue weighted by molar-refractivity contribution is 7.93. The van der Waals surface area contributed by atoms with E-state index in [1.165, 1.54) is 0 Å². The van der Waals surface area contributed by atoms with Crippen molar-refractivity contribution >= 4 is 37.1 Å². The van der Waals surface area contributed by atoms with Gasteiger partial charge in [-0.15, -0.1) is 0 Å². The Kier molecular flexibility index (Phi) is 6.52. The van der Waals surface area contributed by atoms with Crippen LogP contribution in [0.4, 0.5) is 0 Å². The van der Waals surface area contributed by atoms with Crippen LogP contribution in [0, 0.1) is 0 Å². The van der Waals surface area contributed by atoms with Gasteiger partial charge in [-0.3, -0.25) is 0 Å². The lowest BCUT2D eigenvalue weighted by Gasteiger charge is -2.14. The Morgan fingerprint density at radius 2 is 1.88 bits per heavy atom. The van der Waals surface area contributed by atoms with E-state index in [1.807, 2.05) is 0 Å². The summed E-state index contributed by atoms with van der Waals surface area (Å²) in [6.07, 6.45) is 1.62. The molecule has 0 fully saturated rings. The second kappa shape index (κ2) is 6.62. The molecule has 0 spiro atoms. The molecule has 9 heteroatoms. The van der Waals surface area contributed by atoms with Gasteiger partial charge in [0.25, 0.3) is 0 Å². The second-order valence-electron chi connectivity index (χ2n) is 3.72. The first-order chi connectivity index (χ1) is 7.60. The molecule has 6 nitrogen and oxygen atoms in total. The van der Waals surface area contributed by atoms with Crippen molar-refractivity contribution in [2.75, 3.05) is 18.6 Å². The van der Waals surface area contributed by atoms with Gasteiger partial charge in [0.1, 0.15) is 15.1 Å². The minimum Gasteiger partial charge on any atom is -0.392 e. The highest BCUT2D eigenvalue weighted by Crippen LogP contribution is 2.04. The van der Waals surface area contributed by atoms with Crippen LogP contribution in [0.3, 0.4) is 0 Å². The SMILES string of the molecule is CCC(C(N)=S)S(=O)(=O)NCCCS(C)(=O)=O. The molecule has 0 aromatic carbocycles. The first-order valence-corrected chi connectivity index (χ1v) is 9.07. The van der Waals surface area contributed by atoms with Crippen molar-refractivity contribution in [3.63, 3.8) is 0 Å². The molecule has 17 heavy (non-hydrogen) atoms. The monoisotopic (exact) mass is 302 g/mol. The van der Waals surface area contributed by atoms with Gasteiger partial charge in [-0.25, -0.2) is 21.6 Å². The minimum atomic E-state index is -3.60. The van der Waals surface area contributed by atoms with Crippen LogP contribution < -0.4 is 10.5 Å². The predicted molar refractivity (Wildman–Crippen MR) is 72.1 cm³/mol. The Morgan fingerprint density at radius 3 is 2.24 bits per heavy atom. The molecule has 0 aliphatic carbocycles. The van der Waals surface area contributed by atoms with Gasteiger partial charge in [0.2, 0.25) is 10.0 Å². The van der Waals surface area contributed by atoms with Gasteiger partial charge in [0.05, 0.1) is 10.7 Å². The summed E-state index contributed by atoms with van der Waals surface area (Å²) in [6, 6.07) is 0. The summed E-state index contributed by atoms with van der Waals surface area (Å²) in [5.74, 6) is -0.0562. The van der Waals surface area contributed by atoms with Gasteiger partial charge in [-0.1, -0.05) is 19.1 Å². The number of rotatable bonds is 8. The van der Waals surface area contributed by atoms with Gasteiger partial charge >= 0.3 is 0 Å². The summed E-state index contributed by atoms with van der Waals surface area (Å²) in [4.78, 5) is -0.0805. The largest absolute Gasteiger partial charge is 0.392 e. The maximum absolute atomic E-state index is 11.7. The van der Waals surface area contributed by atoms with Crippen LogP contribution in [0.1, 0.15) is 19.8 Å². The molecule has 3 N–H and O–H groups in total. The lowest BCUT2D eigenvalue weighted by Crippen LogP contribution is -2.42. The van der Waals surface area contributed by atoms with Crippen molar-refractivity contribution in [1.82, 2.24) is 4.72 Å². The van der Waals surface area contributed by atoms with Crippen LogP contribution in [0.15, 0.2) is 0 Å². The molecular formula is C8H18N2O4S3. The summed E-state index contributed by atoms with van der Waals surface area (Å²) >= 11 is 4.67. The number of nitrogens with one attached hydrogen (secondary N) is 1. The first-order valence-electron chi connectivity index (χ1n) is 5.05. The van der Waals surface area contributed by atoms with Crippen LogP contribution >= 0.6 is 12.2 Å². The molecule has 0 aromatic heterocycles. The van der Waals surface area contributed by atoms with E-state index >= 15 is 0 Å². The average Bonchev–Trinajstić information content (AvgIpc) is 2.11. The first kappa shape index (κ1) is 16.8. The van der Waals surface area contributed by atoms with Gasteiger partial charge in [-0.2, -0.15) is 0 Å². The van der Waals surface area contributed by atoms with Gasteiger partial charge < -0.3 is 5.73 Å². The molecule has 1 atom stereocenters. The summed E-state index contributed by atoms with van der Waals surface area (Å²) in [5.41, 5.74) is 5.32. The second-order valence-corrected chi connectivity index (χ2v) is 8.40. The lowest BCUT2D eigenvalue weighted by atomic mass is 10.3. The molecular weight excluding hydrogens is 284 g/mol. The fourth-order valence-electron chi connectivity index (χ4n) is 1.22. The Bertz CT molecular complexity index is 455. The van der Waals surface area contributed by atoms with E-state index in [9.17, 15) is 16.8 Å². The Labute approximate surface area is 108 Å². The average molecular weight is 302 g/mol. The van der Waals surface area contributed by atoms with E-state index in [1.54, 1.807) is 6.92 Å². The van der Waals surface area contributed by atoms with Crippen molar-refractivity contribution in [2.24, 2.45) is 5.73 Å². The number of thiocarbonyl (C=S) groups is 1. The van der Waals surface area contributed by atoms with Crippen molar-refractivity contribution in [2.45, 2.75) is 25.0 Å². The van der Waals surface area contributed by atoms with Crippen molar-refractivity contribution in [1.29, 1.82) is 0 Å². The number of hydrogen-bond donors (Lipinski definition) is 2. The maximum Gasteiger partial charge on any atom is 0.220 e. The Hall–Kier alpha value is -0.250. The number of hydrogen-bond acceptors (Lipinski definition) is 5. The standard InChI is InChI=1S/C8H18N2O4S3/c1-3-7(8(9)15)17(13,14)10-5-4-6-16(2,11)12/h7,10H,3-6H2,1-2H3,(H2,9,15). The van der Waals surface area contributed by atoms with Gasteiger partial charge in [0.15, 0.2) is 0 Å². The number of nitrogens with two attached hydrogens (primary N) is 1. The third-order valence-electron chi connectivity index (χ3n) is 2.06. The third kappa shape index (κ3) is 6.92. The summed E-state index contributed by atoms with van der Waals surface area (Å²) < 4.78 is 47.4. The molecule has 102 valence electrons. The molecule has 0 heterocycles. The zero-order valence-electron chi connectivity index (χ0n) is 9.84. The molecule has 0 bridgehead atoms. The summed E-state index contributed by atoms with van der Waals surface area (Å²) in [5, 5.41) is -0.907. The van der Waals surface area contributed by atoms with Crippen molar-refractivity contribution < 1.29 is 16.8 Å². The molecule has 1 unspecified atom stereocenters. The molecule has 0 aliphatic heterocycles. The van der Waals surface area contributed by atoms with E-state index in [0.717, 1.165) is 6.26 Å². The van der Waals surface area contributed by atoms with E-state index in [4.69, 9.17) is 5.73 Å². The maximum atomic E-state index is 11.7. The van der Waals surface area contributed by atoms with Crippen LogP contribution in [0.25, 0.3) is 0 Å². The van der Waals surface area contributed by atoms with Crippen LogP contribution in [0.5, 0.6) is 0 Å². The smallest absolute Gasteiger partial charge is 0.220 e. The molecule has 0 rings (SSSR count). The van der Waals surface area contributed by atoms with Crippen LogP contribution in [-0.4, -0.2) is 45.6 Å². The minimum absolute atomic E-state index is 0.0562. The highest BCUT2D eigenvalue weighted by Gasteiger charge is 2.25. The molecule has 0 aromatic rings. The van der Waals surface area contributed by atoms with Crippen LogP contribution in [-0.2, 0) is 19.9 Å². The van der Waals surface area contributed by atoms with E-state index < -0.39 is 25.1 Å². The topological polar surface area (TPSA) is 106 Å². The Morgan fingerprint density at radius 1 is 1.35 bits per heavy atom. The van der Waals surface area contributed by atoms with E-state index in [-0.39, 0.29) is 30.1 Å². The summed E-state index contributed by atoms with van der Waals surface area (Å²) in [6.45, 7) is 1.73. The lowest BCUT2D eigenvalue weighted by molar-refractivity contribution is 0.571. The van der Waals surface area contributed by atoms with Crippen LogP contribution in [0.2, 0.25) is 0 Å². The van der Waals surface area contributed by atoms with Gasteiger partial charge in [0, 0.05) is 12.8 Å². The zero-order chi connectivity index (χ0) is 13.7. The quantitative estimate of drug-likeness (QED) is 0.458. The zero-order valence-corrected chi connectivity index (χ0v) is 12.3. The molecule has 0 amide bonds. The normalized spacial score (nSPS) is 14.5. The highest BCUT2D eigenvalue weighted by atomic mass is 32.2. The fraction of sp³-hybridized carbons (Fsp3) is 0.875. The van der Waals surface area contributed by atoms with E-state index in [0.29, 0.717) is 0 Å². The summed E-state index contributed by atoms with van der Waals surface area (Å²) in [7, 11) is -6.67. The number of sulfone groups is 1. The molecule has 0 aliphatic rings. The fourth-order valence-corrected chi connectivity index (χ4v) is 3.81. The van der Waals surface area contributed by atoms with Gasteiger partial charge in [-0.05, 0) is 12.8 Å². The van der Waals surface area contributed by atoms with Crippen molar-refractivity contribution in [3.8, 4) is 0 Å². The molecule has 0 radical (unpaired) electrons. The predicted octanol–water partition coefficient (Wildman–Crippen LogP) is -0.595. The molecule has 0 saturated carbocycles. The van der Waals surface area contributed by atoms with Crippen molar-refractivity contribution in [3.05, 3.63) is 0 Å². The molecule has 0 saturated heterocycles. The van der Waals surface area contributed by atoms with E-state index in [2.05, 4.69) is 16.9 Å². The third-order valence-corrected chi connectivity index (χ3v) is 5.46. The Balaban J connectivity index is 4.33. The number of sulfonamides is 1.